The van der Waals surface area contributed by atoms with Crippen LogP contribution in [0.2, 0.25) is 0 Å². The molecule has 0 aromatic carbocycles. The molecule has 0 amide bonds. The number of hydrogen-bond donors (Lipinski definition) is 0. The summed E-state index contributed by atoms with van der Waals surface area (Å²) in [4.78, 5) is 0. The summed E-state index contributed by atoms with van der Waals surface area (Å²) in [7, 11) is 0. The summed E-state index contributed by atoms with van der Waals surface area (Å²) in [5.41, 5.74) is 0.848. The molecule has 1 aromatic rings. The first-order valence-electron chi connectivity index (χ1n) is 3.72. The zero-order valence-corrected chi connectivity index (χ0v) is 7.13. The van der Waals surface area contributed by atoms with Gasteiger partial charge in [-0.15, -0.1) is 0 Å². The molecule has 0 spiro atoms. The van der Waals surface area contributed by atoms with E-state index in [0.717, 1.165) is 5.69 Å². The van der Waals surface area contributed by atoms with E-state index in [-0.39, 0.29) is 0 Å². The second-order valence-corrected chi connectivity index (χ2v) is 2.65. The van der Waals surface area contributed by atoms with Crippen molar-refractivity contribution >= 4 is 0 Å². The second kappa shape index (κ2) is 3.25. The lowest BCUT2D eigenvalue weighted by molar-refractivity contribution is 0.531. The van der Waals surface area contributed by atoms with E-state index in [1.54, 1.807) is 0 Å². The maximum atomic E-state index is 4.24. The van der Waals surface area contributed by atoms with E-state index < -0.39 is 0 Å². The molecule has 0 saturated carbocycles. The van der Waals surface area contributed by atoms with Gasteiger partial charge in [-0.3, -0.25) is 4.68 Å². The average Bonchev–Trinajstić information content (AvgIpc) is 2.37. The highest BCUT2D eigenvalue weighted by molar-refractivity contribution is 5.24. The lowest BCUT2D eigenvalue weighted by atomic mass is 10.4. The van der Waals surface area contributed by atoms with Crippen molar-refractivity contribution in [2.45, 2.75) is 26.8 Å². The van der Waals surface area contributed by atoms with Crippen LogP contribution in [0.4, 0.5) is 0 Å². The lowest BCUT2D eigenvalue weighted by Crippen LogP contribution is -2.00. The Morgan fingerprint density at radius 1 is 1.55 bits per heavy atom. The third-order valence-electron chi connectivity index (χ3n) is 1.39. The fourth-order valence-electron chi connectivity index (χ4n) is 0.820. The van der Waals surface area contributed by atoms with Gasteiger partial charge in [0.1, 0.15) is 5.69 Å². The predicted molar refractivity (Wildman–Crippen MR) is 45.2 cm³/mol. The van der Waals surface area contributed by atoms with Crippen molar-refractivity contribution in [2.75, 3.05) is 0 Å². The lowest BCUT2D eigenvalue weighted by Gasteiger charge is -2.02. The van der Waals surface area contributed by atoms with Crippen molar-refractivity contribution in [1.29, 1.82) is 0 Å². The van der Waals surface area contributed by atoms with Crippen LogP contribution >= 0.6 is 0 Å². The molecule has 0 aliphatic rings. The minimum absolute atomic E-state index is 0.419. The molecule has 0 N–H and O–H groups in total. The highest BCUT2D eigenvalue weighted by Gasteiger charge is 1.97. The standard InChI is InChI=1S/C9H12N2/c1-4-5-9-6-7-11(10-9)8(2)3/h6-8H,1-3H3. The zero-order chi connectivity index (χ0) is 8.27. The van der Waals surface area contributed by atoms with Crippen LogP contribution in [0, 0.1) is 11.8 Å². The molecule has 0 unspecified atom stereocenters. The molecule has 1 rings (SSSR count). The fourth-order valence-corrected chi connectivity index (χ4v) is 0.820. The van der Waals surface area contributed by atoms with E-state index in [1.807, 2.05) is 23.9 Å². The first-order valence-corrected chi connectivity index (χ1v) is 3.72. The maximum absolute atomic E-state index is 4.24. The molecule has 0 radical (unpaired) electrons. The Kier molecular flexibility index (Phi) is 2.32. The molecular formula is C9H12N2. The number of nitrogens with zero attached hydrogens (tertiary/aromatic N) is 2. The summed E-state index contributed by atoms with van der Waals surface area (Å²) in [5, 5.41) is 4.24. The minimum atomic E-state index is 0.419. The highest BCUT2D eigenvalue weighted by atomic mass is 15.3. The second-order valence-electron chi connectivity index (χ2n) is 2.65. The topological polar surface area (TPSA) is 17.8 Å². The van der Waals surface area contributed by atoms with Gasteiger partial charge in [-0.2, -0.15) is 5.10 Å². The molecule has 1 aromatic heterocycles. The van der Waals surface area contributed by atoms with Crippen LogP contribution < -0.4 is 0 Å². The van der Waals surface area contributed by atoms with Crippen molar-refractivity contribution < 1.29 is 0 Å². The molecule has 0 aliphatic carbocycles. The Labute approximate surface area is 67.2 Å². The normalized spacial score (nSPS) is 9.45. The summed E-state index contributed by atoms with van der Waals surface area (Å²) in [5.74, 6) is 5.71. The SMILES string of the molecule is CC#Cc1ccn(C(C)C)n1. The Morgan fingerprint density at radius 3 is 2.73 bits per heavy atom. The van der Waals surface area contributed by atoms with Crippen molar-refractivity contribution in [2.24, 2.45) is 0 Å². The van der Waals surface area contributed by atoms with E-state index in [9.17, 15) is 0 Å². The van der Waals surface area contributed by atoms with E-state index in [2.05, 4.69) is 30.8 Å². The van der Waals surface area contributed by atoms with Gasteiger partial charge in [0.25, 0.3) is 0 Å². The largest absolute Gasteiger partial charge is 0.269 e. The molecule has 0 saturated heterocycles. The van der Waals surface area contributed by atoms with E-state index >= 15 is 0 Å². The number of hydrogen-bond acceptors (Lipinski definition) is 1. The van der Waals surface area contributed by atoms with Crippen molar-refractivity contribution in [3.05, 3.63) is 18.0 Å². The predicted octanol–water partition coefficient (Wildman–Crippen LogP) is 1.84. The van der Waals surface area contributed by atoms with Crippen LogP contribution in [-0.4, -0.2) is 9.78 Å². The van der Waals surface area contributed by atoms with Crippen LogP contribution in [0.3, 0.4) is 0 Å². The minimum Gasteiger partial charge on any atom is -0.269 e. The van der Waals surface area contributed by atoms with E-state index in [0.29, 0.717) is 6.04 Å². The van der Waals surface area contributed by atoms with Gasteiger partial charge in [0.15, 0.2) is 0 Å². The van der Waals surface area contributed by atoms with Crippen molar-refractivity contribution in [1.82, 2.24) is 9.78 Å². The van der Waals surface area contributed by atoms with Gasteiger partial charge in [-0.1, -0.05) is 5.92 Å². The molecule has 0 fully saturated rings. The number of aromatic nitrogens is 2. The molecule has 0 aliphatic heterocycles. The first-order chi connectivity index (χ1) is 5.24. The van der Waals surface area contributed by atoms with Gasteiger partial charge >= 0.3 is 0 Å². The van der Waals surface area contributed by atoms with Gasteiger partial charge in [-0.05, 0) is 32.8 Å². The molecule has 0 atom stereocenters. The van der Waals surface area contributed by atoms with Gasteiger partial charge in [0.05, 0.1) is 0 Å². The molecule has 58 valence electrons. The molecule has 0 bridgehead atoms. The smallest absolute Gasteiger partial charge is 0.135 e. The fraction of sp³-hybridized carbons (Fsp3) is 0.444. The van der Waals surface area contributed by atoms with Crippen LogP contribution in [0.15, 0.2) is 12.3 Å². The Hall–Kier alpha value is -1.23. The van der Waals surface area contributed by atoms with Crippen LogP contribution in [0.1, 0.15) is 32.5 Å². The molecular weight excluding hydrogens is 136 g/mol. The van der Waals surface area contributed by atoms with Crippen LogP contribution in [-0.2, 0) is 0 Å². The zero-order valence-electron chi connectivity index (χ0n) is 7.13. The monoisotopic (exact) mass is 148 g/mol. The third kappa shape index (κ3) is 1.84. The average molecular weight is 148 g/mol. The van der Waals surface area contributed by atoms with Gasteiger partial charge < -0.3 is 0 Å². The molecule has 1 heterocycles. The quantitative estimate of drug-likeness (QED) is 0.555. The van der Waals surface area contributed by atoms with E-state index in [1.165, 1.54) is 0 Å². The Balaban J connectivity index is 2.87. The van der Waals surface area contributed by atoms with E-state index in [4.69, 9.17) is 0 Å². The van der Waals surface area contributed by atoms with Gasteiger partial charge in [0.2, 0.25) is 0 Å². The number of rotatable bonds is 1. The molecule has 11 heavy (non-hydrogen) atoms. The Bertz CT molecular complexity index is 286. The molecule has 2 nitrogen and oxygen atoms in total. The first kappa shape index (κ1) is 7.87. The van der Waals surface area contributed by atoms with Crippen molar-refractivity contribution in [3.8, 4) is 11.8 Å². The Morgan fingerprint density at radius 2 is 2.27 bits per heavy atom. The summed E-state index contributed by atoms with van der Waals surface area (Å²) < 4.78 is 1.90. The summed E-state index contributed by atoms with van der Waals surface area (Å²) >= 11 is 0. The summed E-state index contributed by atoms with van der Waals surface area (Å²) in [6.07, 6.45) is 1.95. The van der Waals surface area contributed by atoms with Gasteiger partial charge in [0, 0.05) is 12.2 Å². The van der Waals surface area contributed by atoms with Crippen LogP contribution in [0.25, 0.3) is 0 Å². The summed E-state index contributed by atoms with van der Waals surface area (Å²) in [6.45, 7) is 6.00. The maximum Gasteiger partial charge on any atom is 0.135 e. The van der Waals surface area contributed by atoms with Crippen LogP contribution in [0.5, 0.6) is 0 Å². The third-order valence-corrected chi connectivity index (χ3v) is 1.39. The highest BCUT2D eigenvalue weighted by Crippen LogP contribution is 2.02. The van der Waals surface area contributed by atoms with Gasteiger partial charge in [-0.25, -0.2) is 0 Å². The molecule has 2 heteroatoms. The van der Waals surface area contributed by atoms with Crippen molar-refractivity contribution in [3.63, 3.8) is 0 Å². The summed E-state index contributed by atoms with van der Waals surface area (Å²) in [6, 6.07) is 2.35.